The highest BCUT2D eigenvalue weighted by Crippen LogP contribution is 2.28. The van der Waals surface area contributed by atoms with Gasteiger partial charge in [0.2, 0.25) is 0 Å². The molecular formula is C21H24N2O5. The molecule has 1 N–H and O–H groups in total. The van der Waals surface area contributed by atoms with E-state index in [0.717, 1.165) is 16.7 Å². The smallest absolute Gasteiger partial charge is 0.308 e. The minimum absolute atomic E-state index is 0.142. The monoisotopic (exact) mass is 384 g/mol. The Balaban J connectivity index is 1.95. The molecule has 2 aromatic carbocycles. The van der Waals surface area contributed by atoms with Crippen molar-refractivity contribution in [3.8, 4) is 17.2 Å². The summed E-state index contributed by atoms with van der Waals surface area (Å²) in [4.78, 5) is 23.1. The van der Waals surface area contributed by atoms with Gasteiger partial charge in [-0.25, -0.2) is 5.43 Å². The van der Waals surface area contributed by atoms with Crippen molar-refractivity contribution >= 4 is 18.1 Å². The van der Waals surface area contributed by atoms with E-state index in [1.165, 1.54) is 20.2 Å². The first-order chi connectivity index (χ1) is 13.3. The number of carbonyl (C=O) groups is 2. The highest BCUT2D eigenvalue weighted by Gasteiger charge is 2.09. The molecule has 0 aliphatic rings. The van der Waals surface area contributed by atoms with E-state index in [4.69, 9.17) is 14.2 Å². The topological polar surface area (TPSA) is 86.2 Å². The Morgan fingerprint density at radius 3 is 2.46 bits per heavy atom. The minimum atomic E-state index is -0.439. The van der Waals surface area contributed by atoms with Gasteiger partial charge in [0, 0.05) is 6.92 Å². The fourth-order valence-electron chi connectivity index (χ4n) is 2.50. The van der Waals surface area contributed by atoms with Crippen LogP contribution in [0, 0.1) is 20.8 Å². The quantitative estimate of drug-likeness (QED) is 0.343. The molecule has 2 rings (SSSR count). The van der Waals surface area contributed by atoms with Crippen molar-refractivity contribution < 1.29 is 23.8 Å². The van der Waals surface area contributed by atoms with Crippen LogP contribution in [-0.2, 0) is 9.59 Å². The Bertz CT molecular complexity index is 906. The van der Waals surface area contributed by atoms with E-state index < -0.39 is 5.97 Å². The lowest BCUT2D eigenvalue weighted by Gasteiger charge is -2.13. The number of amides is 1. The van der Waals surface area contributed by atoms with Gasteiger partial charge in [-0.05, 0) is 61.2 Å². The Morgan fingerprint density at radius 1 is 1.07 bits per heavy atom. The summed E-state index contributed by atoms with van der Waals surface area (Å²) in [6.07, 6.45) is 1.46. The van der Waals surface area contributed by atoms with Gasteiger partial charge in [-0.15, -0.1) is 0 Å². The van der Waals surface area contributed by atoms with E-state index in [2.05, 4.69) is 10.5 Å². The maximum atomic E-state index is 12.0. The Morgan fingerprint density at radius 2 is 1.79 bits per heavy atom. The second-order valence-electron chi connectivity index (χ2n) is 6.24. The summed E-state index contributed by atoms with van der Waals surface area (Å²) in [5.74, 6) is 0.601. The summed E-state index contributed by atoms with van der Waals surface area (Å²) in [7, 11) is 1.47. The number of hydrogen-bond donors (Lipinski definition) is 1. The zero-order valence-electron chi connectivity index (χ0n) is 16.7. The number of aryl methyl sites for hydroxylation is 2. The molecule has 0 bridgehead atoms. The molecule has 148 valence electrons. The Labute approximate surface area is 164 Å². The van der Waals surface area contributed by atoms with Crippen molar-refractivity contribution in [2.24, 2.45) is 5.10 Å². The highest BCUT2D eigenvalue weighted by atomic mass is 16.6. The average Bonchev–Trinajstić information content (AvgIpc) is 2.65. The van der Waals surface area contributed by atoms with Crippen molar-refractivity contribution in [1.82, 2.24) is 5.43 Å². The summed E-state index contributed by atoms with van der Waals surface area (Å²) in [5, 5.41) is 3.91. The summed E-state index contributed by atoms with van der Waals surface area (Å²) in [5.41, 5.74) is 6.17. The van der Waals surface area contributed by atoms with Crippen LogP contribution in [-0.4, -0.2) is 31.8 Å². The molecule has 7 heteroatoms. The number of hydrogen-bond acceptors (Lipinski definition) is 6. The molecule has 28 heavy (non-hydrogen) atoms. The number of hydrazone groups is 1. The van der Waals surface area contributed by atoms with Crippen molar-refractivity contribution in [3.63, 3.8) is 0 Å². The predicted octanol–water partition coefficient (Wildman–Crippen LogP) is 3.07. The maximum absolute atomic E-state index is 12.0. The summed E-state index contributed by atoms with van der Waals surface area (Å²) in [6.45, 7) is 7.06. The fraction of sp³-hybridized carbons (Fsp3) is 0.286. The first-order valence-corrected chi connectivity index (χ1v) is 8.69. The molecule has 7 nitrogen and oxygen atoms in total. The van der Waals surface area contributed by atoms with Crippen LogP contribution in [0.25, 0.3) is 0 Å². The van der Waals surface area contributed by atoms with E-state index >= 15 is 0 Å². The van der Waals surface area contributed by atoms with Gasteiger partial charge in [0.25, 0.3) is 5.91 Å². The standard InChI is InChI=1S/C21H24N2O5/c1-13-6-7-14(2)21(15(13)3)27-12-20(25)23-22-11-17-8-9-18(28-16(4)24)19(10-17)26-5/h6-11H,12H2,1-5H3,(H,23,25)/b22-11-. The van der Waals surface area contributed by atoms with Gasteiger partial charge in [0.05, 0.1) is 13.3 Å². The van der Waals surface area contributed by atoms with Gasteiger partial charge in [0.15, 0.2) is 18.1 Å². The van der Waals surface area contributed by atoms with E-state index in [1.54, 1.807) is 18.2 Å². The lowest BCUT2D eigenvalue weighted by atomic mass is 10.1. The molecule has 0 atom stereocenters. The van der Waals surface area contributed by atoms with Crippen LogP contribution >= 0.6 is 0 Å². The first-order valence-electron chi connectivity index (χ1n) is 8.69. The van der Waals surface area contributed by atoms with Crippen LogP contribution in [0.2, 0.25) is 0 Å². The highest BCUT2D eigenvalue weighted by molar-refractivity contribution is 5.84. The van der Waals surface area contributed by atoms with Gasteiger partial charge in [-0.3, -0.25) is 9.59 Å². The first kappa shape index (κ1) is 21.0. The molecule has 1 amide bonds. The lowest BCUT2D eigenvalue weighted by Crippen LogP contribution is -2.25. The number of methoxy groups -OCH3 is 1. The molecule has 0 radical (unpaired) electrons. The van der Waals surface area contributed by atoms with Crippen LogP contribution in [0.5, 0.6) is 17.2 Å². The Hall–Kier alpha value is -3.35. The molecule has 2 aromatic rings. The molecule has 0 fully saturated rings. The van der Waals surface area contributed by atoms with E-state index in [1.807, 2.05) is 32.9 Å². The fourth-order valence-corrected chi connectivity index (χ4v) is 2.50. The number of ether oxygens (including phenoxy) is 3. The molecule has 0 aliphatic heterocycles. The molecule has 0 unspecified atom stereocenters. The maximum Gasteiger partial charge on any atom is 0.308 e. The summed E-state index contributed by atoms with van der Waals surface area (Å²) < 4.78 is 15.9. The van der Waals surface area contributed by atoms with Crippen LogP contribution in [0.3, 0.4) is 0 Å². The van der Waals surface area contributed by atoms with Crippen molar-refractivity contribution in [3.05, 3.63) is 52.6 Å². The third-order valence-electron chi connectivity index (χ3n) is 4.07. The second-order valence-corrected chi connectivity index (χ2v) is 6.24. The number of nitrogens with zero attached hydrogens (tertiary/aromatic N) is 1. The van der Waals surface area contributed by atoms with Crippen molar-refractivity contribution in [2.75, 3.05) is 13.7 Å². The number of nitrogens with one attached hydrogen (secondary N) is 1. The number of rotatable bonds is 7. The van der Waals surface area contributed by atoms with Crippen LogP contribution < -0.4 is 19.6 Å². The van der Waals surface area contributed by atoms with Gasteiger partial charge in [0.1, 0.15) is 5.75 Å². The molecule has 0 heterocycles. The lowest BCUT2D eigenvalue weighted by molar-refractivity contribution is -0.132. The Kier molecular flexibility index (Phi) is 7.14. The van der Waals surface area contributed by atoms with Gasteiger partial charge in [-0.2, -0.15) is 5.10 Å². The molecule has 0 saturated heterocycles. The van der Waals surface area contributed by atoms with Gasteiger partial charge >= 0.3 is 5.97 Å². The van der Waals surface area contributed by atoms with Crippen molar-refractivity contribution in [2.45, 2.75) is 27.7 Å². The van der Waals surface area contributed by atoms with E-state index in [0.29, 0.717) is 22.8 Å². The zero-order valence-corrected chi connectivity index (χ0v) is 16.7. The summed E-state index contributed by atoms with van der Waals surface area (Å²) >= 11 is 0. The van der Waals surface area contributed by atoms with Crippen LogP contribution in [0.1, 0.15) is 29.2 Å². The molecular weight excluding hydrogens is 360 g/mol. The molecule has 0 aromatic heterocycles. The normalized spacial score (nSPS) is 10.6. The molecule has 0 saturated carbocycles. The van der Waals surface area contributed by atoms with Crippen molar-refractivity contribution in [1.29, 1.82) is 0 Å². The number of carbonyl (C=O) groups excluding carboxylic acids is 2. The van der Waals surface area contributed by atoms with Crippen LogP contribution in [0.15, 0.2) is 35.4 Å². The number of benzene rings is 2. The van der Waals surface area contributed by atoms with E-state index in [-0.39, 0.29) is 12.5 Å². The largest absolute Gasteiger partial charge is 0.493 e. The number of esters is 1. The van der Waals surface area contributed by atoms with Gasteiger partial charge in [-0.1, -0.05) is 12.1 Å². The second kappa shape index (κ2) is 9.55. The van der Waals surface area contributed by atoms with Crippen LogP contribution in [0.4, 0.5) is 0 Å². The van der Waals surface area contributed by atoms with E-state index in [9.17, 15) is 9.59 Å². The average molecular weight is 384 g/mol. The molecule has 0 aliphatic carbocycles. The minimum Gasteiger partial charge on any atom is -0.493 e. The predicted molar refractivity (Wildman–Crippen MR) is 106 cm³/mol. The SMILES string of the molecule is COc1cc(/C=N\NC(=O)COc2c(C)ccc(C)c2C)ccc1OC(C)=O. The van der Waals surface area contributed by atoms with Gasteiger partial charge < -0.3 is 14.2 Å². The third kappa shape index (κ3) is 5.57. The zero-order chi connectivity index (χ0) is 20.7. The summed E-state index contributed by atoms with van der Waals surface area (Å²) in [6, 6.07) is 8.90. The third-order valence-corrected chi connectivity index (χ3v) is 4.07. The molecule has 0 spiro atoms.